The molecule has 206 valence electrons. The Morgan fingerprint density at radius 2 is 1.81 bits per heavy atom. The highest BCUT2D eigenvalue weighted by atomic mass is 32.2. The molecule has 0 bridgehead atoms. The second-order valence-corrected chi connectivity index (χ2v) is 9.76. The second-order valence-electron chi connectivity index (χ2n) is 8.77. The summed E-state index contributed by atoms with van der Waals surface area (Å²) < 4.78 is 0. The number of hydrogen-bond donors (Lipinski definition) is 7. The summed E-state index contributed by atoms with van der Waals surface area (Å²) in [7, 11) is 0. The van der Waals surface area contributed by atoms with Gasteiger partial charge in [-0.25, -0.2) is 4.79 Å². The van der Waals surface area contributed by atoms with E-state index in [2.05, 4.69) is 15.6 Å². The summed E-state index contributed by atoms with van der Waals surface area (Å²) in [5.41, 5.74) is 22.2. The van der Waals surface area contributed by atoms with Crippen LogP contribution in [-0.2, 0) is 19.2 Å². The Balaban J connectivity index is 2.90. The summed E-state index contributed by atoms with van der Waals surface area (Å²) in [6.45, 7) is 1.16. The lowest BCUT2D eigenvalue weighted by Gasteiger charge is -2.28. The molecule has 0 spiro atoms. The van der Waals surface area contributed by atoms with Crippen molar-refractivity contribution < 1.29 is 24.3 Å². The van der Waals surface area contributed by atoms with Gasteiger partial charge in [0, 0.05) is 13.1 Å². The molecule has 14 heteroatoms. The van der Waals surface area contributed by atoms with Gasteiger partial charge in [0.2, 0.25) is 17.7 Å². The molecule has 11 N–H and O–H groups in total. The van der Waals surface area contributed by atoms with Gasteiger partial charge in [-0.15, -0.1) is 0 Å². The normalized spacial score (nSPS) is 17.6. The van der Waals surface area contributed by atoms with E-state index in [1.54, 1.807) is 0 Å². The summed E-state index contributed by atoms with van der Waals surface area (Å²) in [6, 6.07) is -3.58. The highest BCUT2D eigenvalue weighted by Gasteiger charge is 2.37. The molecule has 3 amide bonds. The van der Waals surface area contributed by atoms with Gasteiger partial charge in [0.05, 0.1) is 6.04 Å². The van der Waals surface area contributed by atoms with Crippen LogP contribution in [0.1, 0.15) is 51.4 Å². The van der Waals surface area contributed by atoms with Crippen LogP contribution in [0.25, 0.3) is 0 Å². The fraction of sp³-hybridized carbons (Fsp3) is 0.773. The van der Waals surface area contributed by atoms with E-state index < -0.39 is 42.0 Å². The van der Waals surface area contributed by atoms with Crippen molar-refractivity contribution in [2.24, 2.45) is 27.9 Å². The predicted octanol–water partition coefficient (Wildman–Crippen LogP) is -1.71. The molecule has 0 aliphatic carbocycles. The number of amides is 3. The molecule has 1 heterocycles. The minimum atomic E-state index is -1.15. The van der Waals surface area contributed by atoms with Gasteiger partial charge in [0.25, 0.3) is 0 Å². The number of likely N-dealkylation sites (tertiary alicyclic amines) is 1. The molecule has 1 fully saturated rings. The van der Waals surface area contributed by atoms with Crippen LogP contribution in [0.15, 0.2) is 4.99 Å². The standard InChI is InChI=1S/C22H42N8O5S/c1-36-13-9-16(21(34)35)29-18(31)15(7-4-11-27-22(25)26)28-19(32)17-8-5-12-30(17)20(33)14(24)6-2-3-10-23/h14-17H,2-13,23-24H2,1H3,(H,28,32)(H,29,31)(H,34,35)(H4,25,26,27). The van der Waals surface area contributed by atoms with E-state index in [-0.39, 0.29) is 31.3 Å². The Kier molecular flexibility index (Phi) is 14.8. The van der Waals surface area contributed by atoms with Crippen LogP contribution in [0, 0.1) is 0 Å². The molecule has 0 radical (unpaired) electrons. The van der Waals surface area contributed by atoms with E-state index in [0.29, 0.717) is 50.9 Å². The molecule has 36 heavy (non-hydrogen) atoms. The third-order valence-corrected chi connectivity index (χ3v) is 6.57. The molecule has 4 unspecified atom stereocenters. The first-order valence-corrected chi connectivity index (χ1v) is 13.7. The monoisotopic (exact) mass is 530 g/mol. The number of aliphatic imine (C=N–C) groups is 1. The molecule has 13 nitrogen and oxygen atoms in total. The zero-order valence-corrected chi connectivity index (χ0v) is 21.8. The number of nitrogens with zero attached hydrogens (tertiary/aromatic N) is 2. The maximum absolute atomic E-state index is 13.2. The number of unbranched alkanes of at least 4 members (excludes halogenated alkanes) is 1. The van der Waals surface area contributed by atoms with Gasteiger partial charge in [-0.1, -0.05) is 6.42 Å². The van der Waals surface area contributed by atoms with Crippen molar-refractivity contribution in [1.29, 1.82) is 0 Å². The number of aliphatic carboxylic acids is 1. The summed E-state index contributed by atoms with van der Waals surface area (Å²) in [5, 5.41) is 14.7. The van der Waals surface area contributed by atoms with Crippen LogP contribution >= 0.6 is 11.8 Å². The molecule has 1 saturated heterocycles. The summed E-state index contributed by atoms with van der Waals surface area (Å²) in [4.78, 5) is 56.0. The van der Waals surface area contributed by atoms with Gasteiger partial charge in [-0.2, -0.15) is 11.8 Å². The van der Waals surface area contributed by atoms with Crippen LogP contribution in [0.2, 0.25) is 0 Å². The van der Waals surface area contributed by atoms with E-state index in [9.17, 15) is 24.3 Å². The van der Waals surface area contributed by atoms with E-state index in [1.165, 1.54) is 16.7 Å². The van der Waals surface area contributed by atoms with Crippen LogP contribution in [0.3, 0.4) is 0 Å². The maximum Gasteiger partial charge on any atom is 0.326 e. The van der Waals surface area contributed by atoms with Gasteiger partial charge >= 0.3 is 5.97 Å². The highest BCUT2D eigenvalue weighted by Crippen LogP contribution is 2.20. The quantitative estimate of drug-likeness (QED) is 0.0639. The number of carbonyl (C=O) groups is 4. The van der Waals surface area contributed by atoms with Crippen molar-refractivity contribution >= 4 is 41.4 Å². The van der Waals surface area contributed by atoms with Gasteiger partial charge in [-0.3, -0.25) is 19.4 Å². The summed E-state index contributed by atoms with van der Waals surface area (Å²) >= 11 is 1.46. The van der Waals surface area contributed by atoms with Crippen molar-refractivity contribution in [2.75, 3.05) is 31.6 Å². The van der Waals surface area contributed by atoms with Crippen molar-refractivity contribution in [3.8, 4) is 0 Å². The molecule has 0 aromatic carbocycles. The number of nitrogens with one attached hydrogen (secondary N) is 2. The average Bonchev–Trinajstić information content (AvgIpc) is 3.32. The molecule has 0 saturated carbocycles. The van der Waals surface area contributed by atoms with E-state index in [0.717, 1.165) is 6.42 Å². The number of hydrogen-bond acceptors (Lipinski definition) is 8. The number of carboxylic acids is 1. The van der Waals surface area contributed by atoms with Gasteiger partial charge < -0.3 is 43.6 Å². The van der Waals surface area contributed by atoms with Crippen molar-refractivity contribution in [1.82, 2.24) is 15.5 Å². The molecule has 0 aromatic rings. The van der Waals surface area contributed by atoms with E-state index in [1.807, 2.05) is 6.26 Å². The minimum absolute atomic E-state index is 0.0917. The Morgan fingerprint density at radius 3 is 2.42 bits per heavy atom. The topological polar surface area (TPSA) is 232 Å². The van der Waals surface area contributed by atoms with Gasteiger partial charge in [0.1, 0.15) is 18.1 Å². The number of rotatable bonds is 17. The van der Waals surface area contributed by atoms with Crippen molar-refractivity contribution in [3.05, 3.63) is 0 Å². The smallest absolute Gasteiger partial charge is 0.326 e. The van der Waals surface area contributed by atoms with Crippen LogP contribution < -0.4 is 33.6 Å². The van der Waals surface area contributed by atoms with Crippen molar-refractivity contribution in [3.63, 3.8) is 0 Å². The highest BCUT2D eigenvalue weighted by molar-refractivity contribution is 7.98. The third-order valence-electron chi connectivity index (χ3n) is 5.93. The Morgan fingerprint density at radius 1 is 1.08 bits per heavy atom. The lowest BCUT2D eigenvalue weighted by molar-refractivity contribution is -0.143. The Labute approximate surface area is 216 Å². The van der Waals surface area contributed by atoms with Gasteiger partial charge in [-0.05, 0) is 63.5 Å². The number of carboxylic acid groups (broad SMARTS) is 1. The fourth-order valence-corrected chi connectivity index (χ4v) is 4.43. The number of carbonyl (C=O) groups excluding carboxylic acids is 3. The second kappa shape index (κ2) is 17.0. The van der Waals surface area contributed by atoms with Crippen LogP contribution in [-0.4, -0.2) is 95.5 Å². The lowest BCUT2D eigenvalue weighted by Crippen LogP contribution is -2.56. The molecule has 1 aliphatic rings. The zero-order valence-electron chi connectivity index (χ0n) is 21.0. The first kappa shape index (κ1) is 31.4. The molecular weight excluding hydrogens is 488 g/mol. The van der Waals surface area contributed by atoms with Crippen LogP contribution in [0.5, 0.6) is 0 Å². The fourth-order valence-electron chi connectivity index (χ4n) is 3.95. The Bertz CT molecular complexity index is 765. The lowest BCUT2D eigenvalue weighted by atomic mass is 10.1. The third kappa shape index (κ3) is 11.0. The molecule has 1 rings (SSSR count). The molecule has 4 atom stereocenters. The number of thioether (sulfide) groups is 1. The zero-order chi connectivity index (χ0) is 27.1. The molecular formula is C22H42N8O5S. The first-order chi connectivity index (χ1) is 17.1. The SMILES string of the molecule is CSCCC(NC(=O)C(CCCN=C(N)N)NC(=O)C1CCCN1C(=O)C(N)CCCCN)C(=O)O. The molecule has 0 aromatic heterocycles. The van der Waals surface area contributed by atoms with E-state index >= 15 is 0 Å². The number of guanidine groups is 1. The first-order valence-electron chi connectivity index (χ1n) is 12.3. The van der Waals surface area contributed by atoms with E-state index in [4.69, 9.17) is 22.9 Å². The molecule has 1 aliphatic heterocycles. The number of nitrogens with two attached hydrogens (primary N) is 4. The minimum Gasteiger partial charge on any atom is -0.480 e. The maximum atomic E-state index is 13.2. The van der Waals surface area contributed by atoms with Crippen LogP contribution in [0.4, 0.5) is 0 Å². The Hall–Kier alpha value is -2.58. The van der Waals surface area contributed by atoms with Gasteiger partial charge in [0.15, 0.2) is 5.96 Å². The van der Waals surface area contributed by atoms with Crippen molar-refractivity contribution in [2.45, 2.75) is 75.5 Å². The largest absolute Gasteiger partial charge is 0.480 e. The summed E-state index contributed by atoms with van der Waals surface area (Å²) in [6.07, 6.45) is 5.67. The average molecular weight is 531 g/mol. The summed E-state index contributed by atoms with van der Waals surface area (Å²) in [5.74, 6) is -2.10. The predicted molar refractivity (Wildman–Crippen MR) is 140 cm³/mol.